The highest BCUT2D eigenvalue weighted by atomic mass is 16.6. The van der Waals surface area contributed by atoms with Crippen molar-refractivity contribution in [3.63, 3.8) is 0 Å². The maximum atomic E-state index is 12.0. The fraction of sp³-hybridized carbons (Fsp3) is 0.800. The molecule has 1 fully saturated rings. The molecule has 0 bridgehead atoms. The van der Waals surface area contributed by atoms with E-state index < -0.39 is 11.6 Å². The van der Waals surface area contributed by atoms with Gasteiger partial charge in [-0.3, -0.25) is 0 Å². The number of hydrogen-bond donors (Lipinski definition) is 0. The standard InChI is InChI=1S/C15H26N4O2/c1-12-13(14(20)21-15(2,3)4)16-17-19(12)11-7-10-18-8-5-6-9-18/h5-11H2,1-4H3. The third-order valence-corrected chi connectivity index (χ3v) is 3.62. The van der Waals surface area contributed by atoms with Gasteiger partial charge in [0.25, 0.3) is 0 Å². The lowest BCUT2D eigenvalue weighted by molar-refractivity contribution is 0.00618. The van der Waals surface area contributed by atoms with Crippen LogP contribution >= 0.6 is 0 Å². The number of hydrogen-bond acceptors (Lipinski definition) is 5. The molecule has 21 heavy (non-hydrogen) atoms. The highest BCUT2D eigenvalue weighted by Gasteiger charge is 2.23. The molecule has 1 aromatic heterocycles. The van der Waals surface area contributed by atoms with Crippen LogP contribution in [0.2, 0.25) is 0 Å². The number of carbonyl (C=O) groups is 1. The zero-order chi connectivity index (χ0) is 15.5. The maximum Gasteiger partial charge on any atom is 0.361 e. The van der Waals surface area contributed by atoms with Gasteiger partial charge in [0.05, 0.1) is 5.69 Å². The molecule has 2 rings (SSSR count). The van der Waals surface area contributed by atoms with Crippen LogP contribution in [0.5, 0.6) is 0 Å². The van der Waals surface area contributed by atoms with E-state index in [2.05, 4.69) is 15.2 Å². The summed E-state index contributed by atoms with van der Waals surface area (Å²) in [5.74, 6) is -0.397. The van der Waals surface area contributed by atoms with Crippen LogP contribution in [-0.4, -0.2) is 51.1 Å². The molecule has 0 atom stereocenters. The average molecular weight is 294 g/mol. The minimum atomic E-state index is -0.511. The fourth-order valence-corrected chi connectivity index (χ4v) is 2.54. The van der Waals surface area contributed by atoms with Crippen molar-refractivity contribution in [1.82, 2.24) is 19.9 Å². The predicted octanol–water partition coefficient (Wildman–Crippen LogP) is 2.03. The van der Waals surface area contributed by atoms with Gasteiger partial charge < -0.3 is 9.64 Å². The molecule has 1 aromatic rings. The minimum absolute atomic E-state index is 0.325. The van der Waals surface area contributed by atoms with Crippen LogP contribution in [-0.2, 0) is 11.3 Å². The molecule has 0 aliphatic carbocycles. The van der Waals surface area contributed by atoms with Gasteiger partial charge in [0.15, 0.2) is 5.69 Å². The van der Waals surface area contributed by atoms with Crippen molar-refractivity contribution in [2.24, 2.45) is 0 Å². The Hall–Kier alpha value is -1.43. The van der Waals surface area contributed by atoms with Crippen molar-refractivity contribution in [3.05, 3.63) is 11.4 Å². The molecule has 0 radical (unpaired) electrons. The Kier molecular flexibility index (Phi) is 4.98. The quantitative estimate of drug-likeness (QED) is 0.778. The number of nitrogens with zero attached hydrogens (tertiary/aromatic N) is 4. The summed E-state index contributed by atoms with van der Waals surface area (Å²) >= 11 is 0. The van der Waals surface area contributed by atoms with Crippen LogP contribution in [0, 0.1) is 6.92 Å². The van der Waals surface area contributed by atoms with Gasteiger partial charge in [0, 0.05) is 6.54 Å². The lowest BCUT2D eigenvalue weighted by atomic mass is 10.2. The number of likely N-dealkylation sites (tertiary alicyclic amines) is 1. The van der Waals surface area contributed by atoms with E-state index in [9.17, 15) is 4.79 Å². The van der Waals surface area contributed by atoms with Gasteiger partial charge in [-0.25, -0.2) is 9.48 Å². The van der Waals surface area contributed by atoms with Crippen LogP contribution in [0.3, 0.4) is 0 Å². The van der Waals surface area contributed by atoms with Crippen LogP contribution in [0.25, 0.3) is 0 Å². The predicted molar refractivity (Wildman–Crippen MR) is 80.2 cm³/mol. The molecule has 0 spiro atoms. The first kappa shape index (κ1) is 15.9. The molecule has 0 unspecified atom stereocenters. The summed E-state index contributed by atoms with van der Waals surface area (Å²) < 4.78 is 7.14. The lowest BCUT2D eigenvalue weighted by Gasteiger charge is -2.18. The lowest BCUT2D eigenvalue weighted by Crippen LogP contribution is -2.24. The monoisotopic (exact) mass is 294 g/mol. The number of esters is 1. The number of carbonyl (C=O) groups excluding carboxylic acids is 1. The number of aryl methyl sites for hydroxylation is 1. The van der Waals surface area contributed by atoms with E-state index in [4.69, 9.17) is 4.74 Å². The van der Waals surface area contributed by atoms with Crippen LogP contribution < -0.4 is 0 Å². The molecule has 1 aliphatic rings. The first-order valence-corrected chi connectivity index (χ1v) is 7.72. The second-order valence-corrected chi connectivity index (χ2v) is 6.65. The summed E-state index contributed by atoms with van der Waals surface area (Å²) in [5, 5.41) is 8.05. The van der Waals surface area contributed by atoms with Gasteiger partial charge in [-0.2, -0.15) is 0 Å². The van der Waals surface area contributed by atoms with E-state index in [0.717, 1.165) is 25.2 Å². The molecular weight excluding hydrogens is 268 g/mol. The molecule has 2 heterocycles. The minimum Gasteiger partial charge on any atom is -0.455 e. The highest BCUT2D eigenvalue weighted by Crippen LogP contribution is 2.14. The van der Waals surface area contributed by atoms with Gasteiger partial charge >= 0.3 is 5.97 Å². The zero-order valence-electron chi connectivity index (χ0n) is 13.6. The fourth-order valence-electron chi connectivity index (χ4n) is 2.54. The van der Waals surface area contributed by atoms with Crippen LogP contribution in [0.1, 0.15) is 56.2 Å². The first-order chi connectivity index (χ1) is 9.87. The SMILES string of the molecule is Cc1c(C(=O)OC(C)(C)C)nnn1CCCN1CCCC1. The van der Waals surface area contributed by atoms with Crippen LogP contribution in [0.15, 0.2) is 0 Å². The molecular formula is C15H26N4O2. The van der Waals surface area contributed by atoms with Crippen molar-refractivity contribution in [2.75, 3.05) is 19.6 Å². The molecule has 0 aromatic carbocycles. The summed E-state index contributed by atoms with van der Waals surface area (Å²) in [6.07, 6.45) is 3.65. The summed E-state index contributed by atoms with van der Waals surface area (Å²) in [6, 6.07) is 0. The first-order valence-electron chi connectivity index (χ1n) is 7.72. The van der Waals surface area contributed by atoms with E-state index in [1.54, 1.807) is 4.68 Å². The molecule has 6 heteroatoms. The maximum absolute atomic E-state index is 12.0. The van der Waals surface area contributed by atoms with Gasteiger partial charge in [-0.15, -0.1) is 5.10 Å². The largest absolute Gasteiger partial charge is 0.455 e. The Morgan fingerprint density at radius 3 is 2.52 bits per heavy atom. The Labute approximate surface area is 126 Å². The average Bonchev–Trinajstić information content (AvgIpc) is 2.98. The number of aromatic nitrogens is 3. The van der Waals surface area contributed by atoms with Gasteiger partial charge in [0.1, 0.15) is 5.60 Å². The van der Waals surface area contributed by atoms with E-state index in [0.29, 0.717) is 5.69 Å². The second kappa shape index (κ2) is 6.56. The zero-order valence-corrected chi connectivity index (χ0v) is 13.6. The van der Waals surface area contributed by atoms with Gasteiger partial charge in [-0.05, 0) is 66.6 Å². The Morgan fingerprint density at radius 1 is 1.24 bits per heavy atom. The van der Waals surface area contributed by atoms with Crippen molar-refractivity contribution in [2.45, 2.75) is 59.1 Å². The molecule has 6 nitrogen and oxygen atoms in total. The molecule has 1 aliphatic heterocycles. The molecule has 1 saturated heterocycles. The Bertz CT molecular complexity index is 484. The van der Waals surface area contributed by atoms with E-state index >= 15 is 0 Å². The Morgan fingerprint density at radius 2 is 1.90 bits per heavy atom. The molecule has 0 N–H and O–H groups in total. The Balaban J connectivity index is 1.88. The number of rotatable bonds is 5. The topological polar surface area (TPSA) is 60.2 Å². The molecule has 0 saturated carbocycles. The van der Waals surface area contributed by atoms with Crippen LogP contribution in [0.4, 0.5) is 0 Å². The molecule has 0 amide bonds. The van der Waals surface area contributed by atoms with E-state index in [1.807, 2.05) is 27.7 Å². The summed E-state index contributed by atoms with van der Waals surface area (Å²) in [7, 11) is 0. The number of ether oxygens (including phenoxy) is 1. The second-order valence-electron chi connectivity index (χ2n) is 6.65. The molecule has 118 valence electrons. The third kappa shape index (κ3) is 4.52. The summed E-state index contributed by atoms with van der Waals surface area (Å²) in [6.45, 7) is 11.7. The van der Waals surface area contributed by atoms with Gasteiger partial charge in [0.2, 0.25) is 0 Å². The van der Waals surface area contributed by atoms with Gasteiger partial charge in [-0.1, -0.05) is 5.21 Å². The normalized spacial score (nSPS) is 16.4. The summed E-state index contributed by atoms with van der Waals surface area (Å²) in [5.41, 5.74) is 0.597. The third-order valence-electron chi connectivity index (χ3n) is 3.62. The van der Waals surface area contributed by atoms with Crippen molar-refractivity contribution in [1.29, 1.82) is 0 Å². The van der Waals surface area contributed by atoms with Crippen molar-refractivity contribution in [3.8, 4) is 0 Å². The van der Waals surface area contributed by atoms with Crippen molar-refractivity contribution >= 4 is 5.97 Å². The van der Waals surface area contributed by atoms with E-state index in [1.165, 1.54) is 25.9 Å². The van der Waals surface area contributed by atoms with E-state index in [-0.39, 0.29) is 0 Å². The highest BCUT2D eigenvalue weighted by molar-refractivity contribution is 5.88. The smallest absolute Gasteiger partial charge is 0.361 e. The summed E-state index contributed by atoms with van der Waals surface area (Å²) in [4.78, 5) is 14.5. The van der Waals surface area contributed by atoms with Crippen molar-refractivity contribution < 1.29 is 9.53 Å².